The Hall–Kier alpha value is -2.38. The average molecular weight is 391 g/mol. The Labute approximate surface area is 161 Å². The summed E-state index contributed by atoms with van der Waals surface area (Å²) in [5.74, 6) is 0.668. The van der Waals surface area contributed by atoms with E-state index in [4.69, 9.17) is 4.74 Å². The molecule has 0 heterocycles. The predicted molar refractivity (Wildman–Crippen MR) is 105 cm³/mol. The van der Waals surface area contributed by atoms with Gasteiger partial charge in [-0.15, -0.1) is 0 Å². The molecule has 7 heteroatoms. The topological polar surface area (TPSA) is 75.7 Å². The van der Waals surface area contributed by atoms with Gasteiger partial charge in [-0.25, -0.2) is 12.7 Å². The van der Waals surface area contributed by atoms with Crippen LogP contribution in [0.5, 0.6) is 5.75 Å². The zero-order chi connectivity index (χ0) is 20.0. The number of carbonyl (C=O) groups is 1. The van der Waals surface area contributed by atoms with Crippen LogP contribution in [0.2, 0.25) is 0 Å². The summed E-state index contributed by atoms with van der Waals surface area (Å²) in [5.41, 5.74) is 1.83. The lowest BCUT2D eigenvalue weighted by Gasteiger charge is -2.17. The molecule has 0 fully saturated rings. The van der Waals surface area contributed by atoms with Crippen LogP contribution in [-0.4, -0.2) is 39.8 Å². The average Bonchev–Trinajstić information content (AvgIpc) is 2.66. The van der Waals surface area contributed by atoms with Crippen LogP contribution >= 0.6 is 0 Å². The summed E-state index contributed by atoms with van der Waals surface area (Å²) in [4.78, 5) is 12.5. The molecular weight excluding hydrogens is 364 g/mol. The summed E-state index contributed by atoms with van der Waals surface area (Å²) in [5, 5.41) is 2.97. The molecule has 0 radical (unpaired) electrons. The van der Waals surface area contributed by atoms with Crippen molar-refractivity contribution in [1.29, 1.82) is 0 Å². The summed E-state index contributed by atoms with van der Waals surface area (Å²) >= 11 is 0. The Bertz CT molecular complexity index is 877. The van der Waals surface area contributed by atoms with Gasteiger partial charge < -0.3 is 10.1 Å². The normalized spacial score (nSPS) is 12.6. The van der Waals surface area contributed by atoms with Crippen molar-refractivity contribution in [2.24, 2.45) is 0 Å². The second kappa shape index (κ2) is 9.01. The molecule has 0 aliphatic heterocycles. The standard InChI is InChI=1S/C20H26N2O4S/c1-15(18-7-5-6-8-19(18)26-4)21-20(23)14-11-16-9-12-17(13-10-16)27(24,25)22(2)3/h5-10,12-13,15H,11,14H2,1-4H3,(H,21,23)/t15-/m1/s1. The lowest BCUT2D eigenvalue weighted by Crippen LogP contribution is -2.27. The molecule has 0 bridgehead atoms. The lowest BCUT2D eigenvalue weighted by atomic mass is 10.1. The molecule has 146 valence electrons. The number of carbonyl (C=O) groups excluding carboxylic acids is 1. The SMILES string of the molecule is COc1ccccc1[C@@H](C)NC(=O)CCc1ccc(S(=O)(=O)N(C)C)cc1. The molecule has 6 nitrogen and oxygen atoms in total. The molecule has 2 rings (SSSR count). The van der Waals surface area contributed by atoms with Gasteiger partial charge in [-0.2, -0.15) is 0 Å². The Morgan fingerprint density at radius 3 is 2.33 bits per heavy atom. The molecule has 0 aliphatic rings. The summed E-state index contributed by atoms with van der Waals surface area (Å²) < 4.78 is 30.6. The molecule has 0 saturated heterocycles. The van der Waals surface area contributed by atoms with E-state index in [9.17, 15) is 13.2 Å². The van der Waals surface area contributed by atoms with E-state index in [2.05, 4.69) is 5.32 Å². The van der Waals surface area contributed by atoms with Crippen LogP contribution in [0, 0.1) is 0 Å². The smallest absolute Gasteiger partial charge is 0.242 e. The molecule has 0 aromatic heterocycles. The van der Waals surface area contributed by atoms with Gasteiger partial charge >= 0.3 is 0 Å². The van der Waals surface area contributed by atoms with Crippen molar-refractivity contribution >= 4 is 15.9 Å². The summed E-state index contributed by atoms with van der Waals surface area (Å²) in [7, 11) is 1.16. The third kappa shape index (κ3) is 5.30. The minimum atomic E-state index is -3.44. The van der Waals surface area contributed by atoms with Gasteiger partial charge in [0.15, 0.2) is 0 Å². The van der Waals surface area contributed by atoms with Crippen LogP contribution in [-0.2, 0) is 21.2 Å². The lowest BCUT2D eigenvalue weighted by molar-refractivity contribution is -0.121. The highest BCUT2D eigenvalue weighted by atomic mass is 32.2. The number of benzene rings is 2. The Morgan fingerprint density at radius 2 is 1.74 bits per heavy atom. The quantitative estimate of drug-likeness (QED) is 0.752. The molecule has 27 heavy (non-hydrogen) atoms. The van der Waals surface area contributed by atoms with E-state index in [1.807, 2.05) is 31.2 Å². The van der Waals surface area contributed by atoms with Crippen molar-refractivity contribution in [2.75, 3.05) is 21.2 Å². The Morgan fingerprint density at radius 1 is 1.11 bits per heavy atom. The van der Waals surface area contributed by atoms with E-state index in [0.29, 0.717) is 12.8 Å². The number of nitrogens with one attached hydrogen (secondary N) is 1. The molecule has 0 unspecified atom stereocenters. The van der Waals surface area contributed by atoms with E-state index < -0.39 is 10.0 Å². The van der Waals surface area contributed by atoms with Gasteiger partial charge in [-0.05, 0) is 37.1 Å². The number of amides is 1. The molecule has 0 spiro atoms. The maximum Gasteiger partial charge on any atom is 0.242 e. The van der Waals surface area contributed by atoms with Crippen LogP contribution in [0.25, 0.3) is 0 Å². The van der Waals surface area contributed by atoms with E-state index in [0.717, 1.165) is 16.9 Å². The maximum absolute atomic E-state index is 12.3. The number of hydrogen-bond donors (Lipinski definition) is 1. The fourth-order valence-corrected chi connectivity index (χ4v) is 3.61. The second-order valence-corrected chi connectivity index (χ2v) is 8.61. The number of ether oxygens (including phenoxy) is 1. The Kier molecular flexibility index (Phi) is 6.98. The second-order valence-electron chi connectivity index (χ2n) is 6.46. The summed E-state index contributed by atoms with van der Waals surface area (Å²) in [6.07, 6.45) is 0.853. The van der Waals surface area contributed by atoms with E-state index in [-0.39, 0.29) is 16.8 Å². The first-order valence-electron chi connectivity index (χ1n) is 8.69. The van der Waals surface area contributed by atoms with Crippen molar-refractivity contribution in [1.82, 2.24) is 9.62 Å². The van der Waals surface area contributed by atoms with Gasteiger partial charge in [0.25, 0.3) is 0 Å². The fourth-order valence-electron chi connectivity index (χ4n) is 2.71. The molecule has 0 aliphatic carbocycles. The van der Waals surface area contributed by atoms with Crippen LogP contribution < -0.4 is 10.1 Å². The molecule has 1 N–H and O–H groups in total. The molecular formula is C20H26N2O4S. The van der Waals surface area contributed by atoms with E-state index in [1.54, 1.807) is 31.4 Å². The van der Waals surface area contributed by atoms with Crippen LogP contribution in [0.1, 0.15) is 30.5 Å². The van der Waals surface area contributed by atoms with Crippen LogP contribution in [0.3, 0.4) is 0 Å². The van der Waals surface area contributed by atoms with Gasteiger partial charge in [0.05, 0.1) is 18.0 Å². The maximum atomic E-state index is 12.3. The van der Waals surface area contributed by atoms with Gasteiger partial charge in [0.1, 0.15) is 5.75 Å². The van der Waals surface area contributed by atoms with E-state index >= 15 is 0 Å². The van der Waals surface area contributed by atoms with Crippen LogP contribution in [0.15, 0.2) is 53.4 Å². The number of nitrogens with zero attached hydrogens (tertiary/aromatic N) is 1. The number of sulfonamides is 1. The first kappa shape index (κ1) is 20.9. The third-order valence-corrected chi connectivity index (χ3v) is 6.15. The van der Waals surface area contributed by atoms with Gasteiger partial charge in [-0.1, -0.05) is 30.3 Å². The number of aryl methyl sites for hydroxylation is 1. The first-order chi connectivity index (χ1) is 12.8. The van der Waals surface area contributed by atoms with Crippen LogP contribution in [0.4, 0.5) is 0 Å². The molecule has 1 atom stereocenters. The predicted octanol–water partition coefficient (Wildman–Crippen LogP) is 2.76. The monoisotopic (exact) mass is 390 g/mol. The highest BCUT2D eigenvalue weighted by Crippen LogP contribution is 2.24. The minimum Gasteiger partial charge on any atom is -0.496 e. The van der Waals surface area contributed by atoms with Gasteiger partial charge in [-0.3, -0.25) is 4.79 Å². The molecule has 0 saturated carbocycles. The van der Waals surface area contributed by atoms with Gasteiger partial charge in [0.2, 0.25) is 15.9 Å². The highest BCUT2D eigenvalue weighted by Gasteiger charge is 2.17. The minimum absolute atomic E-state index is 0.0709. The fraction of sp³-hybridized carbons (Fsp3) is 0.350. The zero-order valence-corrected chi connectivity index (χ0v) is 16.9. The molecule has 2 aromatic rings. The summed E-state index contributed by atoms with van der Waals surface area (Å²) in [6, 6.07) is 14.0. The van der Waals surface area contributed by atoms with Crippen molar-refractivity contribution < 1.29 is 17.9 Å². The Balaban J connectivity index is 1.94. The molecule has 1 amide bonds. The number of rotatable bonds is 8. The largest absolute Gasteiger partial charge is 0.496 e. The first-order valence-corrected chi connectivity index (χ1v) is 10.1. The van der Waals surface area contributed by atoms with E-state index in [1.165, 1.54) is 18.4 Å². The zero-order valence-electron chi connectivity index (χ0n) is 16.1. The number of hydrogen-bond acceptors (Lipinski definition) is 4. The van der Waals surface area contributed by atoms with Gasteiger partial charge in [0, 0.05) is 26.1 Å². The number of para-hydroxylation sites is 1. The number of methoxy groups -OCH3 is 1. The van der Waals surface area contributed by atoms with Crippen molar-refractivity contribution in [2.45, 2.75) is 30.7 Å². The summed E-state index contributed by atoms with van der Waals surface area (Å²) in [6.45, 7) is 1.91. The van der Waals surface area contributed by atoms with Crippen molar-refractivity contribution in [3.8, 4) is 5.75 Å². The van der Waals surface area contributed by atoms with Crippen molar-refractivity contribution in [3.63, 3.8) is 0 Å². The van der Waals surface area contributed by atoms with Crippen molar-refractivity contribution in [3.05, 3.63) is 59.7 Å². The molecule has 2 aromatic carbocycles. The third-order valence-electron chi connectivity index (χ3n) is 4.33. The highest BCUT2D eigenvalue weighted by molar-refractivity contribution is 7.89.